The van der Waals surface area contributed by atoms with Crippen molar-refractivity contribution in [1.29, 1.82) is 0 Å². The number of carbonyl (C=O) groups is 1. The largest absolute Gasteiger partial charge is 0.458 e. The maximum absolute atomic E-state index is 10.4. The third-order valence-corrected chi connectivity index (χ3v) is 3.35. The van der Waals surface area contributed by atoms with Gasteiger partial charge in [0, 0.05) is 0 Å². The first-order chi connectivity index (χ1) is 8.77. The fourth-order valence-corrected chi connectivity index (χ4v) is 2.19. The fraction of sp³-hybridized carbons (Fsp3) is 0.933. The van der Waals surface area contributed by atoms with Crippen molar-refractivity contribution in [3.05, 3.63) is 0 Å². The summed E-state index contributed by atoms with van der Waals surface area (Å²) in [6.45, 7) is 2.79. The van der Waals surface area contributed by atoms with E-state index in [1.807, 2.05) is 0 Å². The van der Waals surface area contributed by atoms with Crippen molar-refractivity contribution >= 4 is 17.9 Å². The van der Waals surface area contributed by atoms with Gasteiger partial charge in [0.1, 0.15) is 0 Å². The van der Waals surface area contributed by atoms with Gasteiger partial charge in [0.15, 0.2) is 0 Å². The zero-order valence-electron chi connectivity index (χ0n) is 12.0. The van der Waals surface area contributed by atoms with Gasteiger partial charge in [0.05, 0.1) is 6.61 Å². The molecule has 0 rings (SSSR count). The van der Waals surface area contributed by atoms with Crippen LogP contribution in [0, 0.1) is 0 Å². The molecule has 2 nitrogen and oxygen atoms in total. The Kier molecular flexibility index (Phi) is 14.7. The highest BCUT2D eigenvalue weighted by molar-refractivity contribution is 7.96. The molecule has 0 aliphatic rings. The first-order valence-electron chi connectivity index (χ1n) is 7.63. The van der Waals surface area contributed by atoms with Crippen molar-refractivity contribution in [3.63, 3.8) is 0 Å². The van der Waals surface area contributed by atoms with Crippen molar-refractivity contribution in [3.8, 4) is 0 Å². The number of rotatable bonds is 13. The van der Waals surface area contributed by atoms with E-state index in [1.54, 1.807) is 0 Å². The monoisotopic (exact) mass is 274 g/mol. The molecule has 0 amide bonds. The molecule has 0 aliphatic heterocycles. The number of unbranched alkanes of at least 4 members (excludes halogenated alkanes) is 11. The van der Waals surface area contributed by atoms with Crippen molar-refractivity contribution in [2.75, 3.05) is 6.61 Å². The Morgan fingerprint density at radius 1 is 0.778 bits per heavy atom. The zero-order chi connectivity index (χ0) is 13.5. The van der Waals surface area contributed by atoms with Crippen molar-refractivity contribution in [2.24, 2.45) is 0 Å². The zero-order valence-corrected chi connectivity index (χ0v) is 12.9. The van der Waals surface area contributed by atoms with Gasteiger partial charge in [-0.05, 0) is 6.42 Å². The number of hydrogen-bond acceptors (Lipinski definition) is 2. The molecule has 0 fully saturated rings. The van der Waals surface area contributed by atoms with Crippen LogP contribution in [-0.2, 0) is 4.74 Å². The van der Waals surface area contributed by atoms with Crippen LogP contribution >= 0.6 is 12.6 Å². The summed E-state index contributed by atoms with van der Waals surface area (Å²) < 4.78 is 4.76. The summed E-state index contributed by atoms with van der Waals surface area (Å²) in [6, 6.07) is 0. The molecular weight excluding hydrogens is 244 g/mol. The molecule has 0 radical (unpaired) electrons. The number of ether oxygens (including phenoxy) is 1. The van der Waals surface area contributed by atoms with Gasteiger partial charge in [-0.15, -0.1) is 0 Å². The van der Waals surface area contributed by atoms with E-state index in [2.05, 4.69) is 19.6 Å². The summed E-state index contributed by atoms with van der Waals surface area (Å²) in [6.07, 6.45) is 15.9. The predicted molar refractivity (Wildman–Crippen MR) is 81.4 cm³/mol. The number of hydrogen-bond donors (Lipinski definition) is 1. The van der Waals surface area contributed by atoms with Crippen LogP contribution in [0.25, 0.3) is 0 Å². The minimum atomic E-state index is -0.460. The molecule has 3 heteroatoms. The lowest BCUT2D eigenvalue weighted by Crippen LogP contribution is -1.96. The average molecular weight is 274 g/mol. The minimum absolute atomic E-state index is 0.460. The van der Waals surface area contributed by atoms with Gasteiger partial charge in [-0.2, -0.15) is 0 Å². The van der Waals surface area contributed by atoms with Crippen LogP contribution in [0.5, 0.6) is 0 Å². The van der Waals surface area contributed by atoms with Crippen LogP contribution in [0.2, 0.25) is 0 Å². The number of thiol groups is 1. The molecule has 0 saturated heterocycles. The molecule has 108 valence electrons. The van der Waals surface area contributed by atoms with Crippen molar-refractivity contribution in [2.45, 2.75) is 84.0 Å². The minimum Gasteiger partial charge on any atom is -0.458 e. The van der Waals surface area contributed by atoms with Gasteiger partial charge in [-0.25, -0.2) is 4.79 Å². The second kappa shape index (κ2) is 14.9. The van der Waals surface area contributed by atoms with Crippen LogP contribution in [0.15, 0.2) is 0 Å². The molecule has 18 heavy (non-hydrogen) atoms. The van der Waals surface area contributed by atoms with E-state index in [-0.39, 0.29) is 0 Å². The highest BCUT2D eigenvalue weighted by Crippen LogP contribution is 2.11. The summed E-state index contributed by atoms with van der Waals surface area (Å²) in [4.78, 5) is 10.4. The lowest BCUT2D eigenvalue weighted by Gasteiger charge is -2.03. The first-order valence-corrected chi connectivity index (χ1v) is 8.07. The molecule has 0 spiro atoms. The van der Waals surface area contributed by atoms with Crippen LogP contribution < -0.4 is 0 Å². The smallest absolute Gasteiger partial charge is 0.364 e. The summed E-state index contributed by atoms with van der Waals surface area (Å²) >= 11 is 3.55. The summed E-state index contributed by atoms with van der Waals surface area (Å²) in [7, 11) is 0. The van der Waals surface area contributed by atoms with E-state index < -0.39 is 5.30 Å². The van der Waals surface area contributed by atoms with E-state index in [0.717, 1.165) is 12.8 Å². The summed E-state index contributed by atoms with van der Waals surface area (Å²) in [5.74, 6) is 0. The van der Waals surface area contributed by atoms with Gasteiger partial charge in [0.25, 0.3) is 0 Å². The molecule has 0 bridgehead atoms. The van der Waals surface area contributed by atoms with Crippen LogP contribution in [0.4, 0.5) is 4.79 Å². The Labute approximate surface area is 118 Å². The Balaban J connectivity index is 2.92. The topological polar surface area (TPSA) is 26.3 Å². The van der Waals surface area contributed by atoms with Gasteiger partial charge in [-0.1, -0.05) is 90.2 Å². The second-order valence-electron chi connectivity index (χ2n) is 5.00. The van der Waals surface area contributed by atoms with Gasteiger partial charge in [-0.3, -0.25) is 0 Å². The second-order valence-corrected chi connectivity index (χ2v) is 5.37. The fourth-order valence-electron chi connectivity index (χ4n) is 2.10. The SMILES string of the molecule is CCCCCCCCCCCCCCOC(=O)S. The lowest BCUT2D eigenvalue weighted by atomic mass is 10.1. The van der Waals surface area contributed by atoms with E-state index in [4.69, 9.17) is 4.74 Å². The normalized spacial score (nSPS) is 10.6. The molecule has 0 N–H and O–H groups in total. The van der Waals surface area contributed by atoms with Crippen LogP contribution in [0.1, 0.15) is 84.0 Å². The molecule has 0 atom stereocenters. The summed E-state index contributed by atoms with van der Waals surface area (Å²) in [5.41, 5.74) is 0. The van der Waals surface area contributed by atoms with Crippen molar-refractivity contribution < 1.29 is 9.53 Å². The predicted octanol–water partition coefficient (Wildman–Crippen LogP) is 5.75. The van der Waals surface area contributed by atoms with Gasteiger partial charge in [0.2, 0.25) is 0 Å². The quantitative estimate of drug-likeness (QED) is 0.263. The average Bonchev–Trinajstić information content (AvgIpc) is 2.34. The maximum Gasteiger partial charge on any atom is 0.364 e. The van der Waals surface area contributed by atoms with Gasteiger partial charge >= 0.3 is 5.30 Å². The highest BCUT2D eigenvalue weighted by atomic mass is 32.1. The van der Waals surface area contributed by atoms with E-state index in [0.29, 0.717) is 6.61 Å². The standard InChI is InChI=1S/C15H30O2S/c1-2-3-4-5-6-7-8-9-10-11-12-13-14-17-15(16)18/h2-14H2,1H3,(H,16,18). The molecule has 0 aromatic carbocycles. The molecule has 0 saturated carbocycles. The molecule has 0 aromatic heterocycles. The maximum atomic E-state index is 10.4. The molecule has 0 aromatic rings. The first kappa shape index (κ1) is 17.8. The Morgan fingerprint density at radius 3 is 1.56 bits per heavy atom. The number of carbonyl (C=O) groups excluding carboxylic acids is 1. The lowest BCUT2D eigenvalue weighted by molar-refractivity contribution is 0.173. The Hall–Kier alpha value is -0.180. The van der Waals surface area contributed by atoms with Crippen LogP contribution in [0.3, 0.4) is 0 Å². The highest BCUT2D eigenvalue weighted by Gasteiger charge is 1.95. The van der Waals surface area contributed by atoms with E-state index >= 15 is 0 Å². The Morgan fingerprint density at radius 2 is 1.17 bits per heavy atom. The third-order valence-electron chi connectivity index (χ3n) is 3.22. The third kappa shape index (κ3) is 15.8. The van der Waals surface area contributed by atoms with Crippen molar-refractivity contribution in [1.82, 2.24) is 0 Å². The van der Waals surface area contributed by atoms with E-state index in [9.17, 15) is 4.79 Å². The molecule has 0 unspecified atom stereocenters. The molecular formula is C15H30O2S. The van der Waals surface area contributed by atoms with Gasteiger partial charge < -0.3 is 4.74 Å². The van der Waals surface area contributed by atoms with E-state index in [1.165, 1.54) is 64.2 Å². The Bertz CT molecular complexity index is 183. The molecule has 0 heterocycles. The molecule has 0 aliphatic carbocycles. The van der Waals surface area contributed by atoms with Crippen LogP contribution in [-0.4, -0.2) is 11.9 Å². The summed E-state index contributed by atoms with van der Waals surface area (Å²) in [5, 5.41) is -0.460.